The Kier molecular flexibility index (Phi) is 9.14. The third-order valence-electron chi connectivity index (χ3n) is 3.27. The number of carbonyl (C=O) groups is 4. The van der Waals surface area contributed by atoms with Crippen molar-refractivity contribution in [1.29, 1.82) is 0 Å². The number of hydrogen-bond donors (Lipinski definition) is 3. The number of carbonyl (C=O) groups excluding carboxylic acids is 4. The molecule has 0 aromatic heterocycles. The van der Waals surface area contributed by atoms with E-state index in [2.05, 4.69) is 19.7 Å². The summed E-state index contributed by atoms with van der Waals surface area (Å²) in [5.41, 5.74) is -3.22. The average molecular weight is 352 g/mol. The van der Waals surface area contributed by atoms with Crippen LogP contribution >= 0.6 is 0 Å². The van der Waals surface area contributed by atoms with Crippen LogP contribution in [-0.2, 0) is 23.9 Å². The highest BCUT2D eigenvalue weighted by Gasteiger charge is 2.33. The van der Waals surface area contributed by atoms with Crippen LogP contribution in [0.25, 0.3) is 0 Å². The maximum absolute atomic E-state index is 12.3. The molecular weight excluding hydrogens is 332 g/mol. The molecule has 0 radical (unpaired) electrons. The van der Waals surface area contributed by atoms with Crippen LogP contribution in [-0.4, -0.2) is 65.1 Å². The molecule has 0 aliphatic carbocycles. The van der Waals surface area contributed by atoms with E-state index in [1.807, 2.05) is 0 Å². The van der Waals surface area contributed by atoms with Crippen LogP contribution < -0.4 is 0 Å². The molecule has 0 bridgehead atoms. The van der Waals surface area contributed by atoms with Crippen molar-refractivity contribution in [3.63, 3.8) is 0 Å². The van der Waals surface area contributed by atoms with Gasteiger partial charge in [0.2, 0.25) is 0 Å². The summed E-state index contributed by atoms with van der Waals surface area (Å²) >= 11 is 0. The Morgan fingerprint density at radius 3 is 1.44 bits per heavy atom. The third-order valence-corrected chi connectivity index (χ3v) is 3.27. The maximum atomic E-state index is 12.3. The van der Waals surface area contributed by atoms with Crippen molar-refractivity contribution in [3.05, 3.63) is 49.1 Å². The fourth-order valence-electron chi connectivity index (χ4n) is 1.58. The van der Waals surface area contributed by atoms with Gasteiger partial charge in [-0.15, -0.1) is 0 Å². The minimum atomic E-state index is -1.55. The minimum Gasteiger partial charge on any atom is -0.461 e. The molecule has 0 aliphatic rings. The third kappa shape index (κ3) is 5.42. The zero-order chi connectivity index (χ0) is 19.6. The van der Waals surface area contributed by atoms with Crippen molar-refractivity contribution in [2.45, 2.75) is 0 Å². The first kappa shape index (κ1) is 22.3. The molecule has 0 fully saturated rings. The predicted octanol–water partition coefficient (Wildman–Crippen LogP) is -0.945. The molecule has 0 rings (SSSR count). The molecule has 0 heterocycles. The highest BCUT2D eigenvalue weighted by atomic mass is 16.5. The number of aliphatic hydroxyl groups excluding tert-OH is 3. The second-order valence-electron chi connectivity index (χ2n) is 5.01. The molecule has 0 atom stereocenters. The zero-order valence-electron chi connectivity index (χ0n) is 13.6. The summed E-state index contributed by atoms with van der Waals surface area (Å²) < 4.78 is 4.82. The van der Waals surface area contributed by atoms with Crippen molar-refractivity contribution >= 4 is 23.3 Å². The normalized spacial score (nSPS) is 10.4. The lowest BCUT2D eigenvalue weighted by Crippen LogP contribution is -2.40. The molecule has 0 saturated heterocycles. The number of hydrogen-bond acceptors (Lipinski definition) is 8. The quantitative estimate of drug-likeness (QED) is 0.177. The monoisotopic (exact) mass is 352 g/mol. The number of rotatable bonds is 12. The van der Waals surface area contributed by atoms with Crippen molar-refractivity contribution in [1.82, 2.24) is 0 Å². The van der Waals surface area contributed by atoms with E-state index in [-0.39, 0.29) is 0 Å². The molecule has 25 heavy (non-hydrogen) atoms. The molecule has 0 aromatic carbocycles. The topological polar surface area (TPSA) is 138 Å². The fraction of sp³-hybridized carbons (Fsp3) is 0.294. The Morgan fingerprint density at radius 1 is 0.760 bits per heavy atom. The molecule has 0 amide bonds. The Hall–Kier alpha value is -2.68. The molecule has 0 unspecified atom stereocenters. The summed E-state index contributed by atoms with van der Waals surface area (Å²) in [6.45, 7) is 6.76. The minimum absolute atomic E-state index is 0.666. The summed E-state index contributed by atoms with van der Waals surface area (Å²) in [4.78, 5) is 48.0. The number of allylic oxidation sites excluding steroid dienone is 4. The van der Waals surface area contributed by atoms with Gasteiger partial charge < -0.3 is 20.1 Å². The maximum Gasteiger partial charge on any atom is 0.343 e. The van der Waals surface area contributed by atoms with Gasteiger partial charge in [0.15, 0.2) is 17.3 Å². The van der Waals surface area contributed by atoms with Crippen LogP contribution in [0, 0.1) is 5.41 Å². The van der Waals surface area contributed by atoms with Gasteiger partial charge in [-0.05, 0) is 18.2 Å². The van der Waals surface area contributed by atoms with E-state index in [0.717, 1.165) is 12.2 Å². The van der Waals surface area contributed by atoms with Gasteiger partial charge >= 0.3 is 5.97 Å². The van der Waals surface area contributed by atoms with Gasteiger partial charge in [0, 0.05) is 0 Å². The largest absolute Gasteiger partial charge is 0.461 e. The van der Waals surface area contributed by atoms with Gasteiger partial charge in [-0.2, -0.15) is 0 Å². The number of ketones is 3. The van der Waals surface area contributed by atoms with Crippen molar-refractivity contribution in [3.8, 4) is 0 Å². The van der Waals surface area contributed by atoms with Gasteiger partial charge in [0.05, 0.1) is 30.8 Å². The lowest BCUT2D eigenvalue weighted by molar-refractivity contribution is -0.148. The van der Waals surface area contributed by atoms with Gasteiger partial charge in [-0.3, -0.25) is 14.4 Å². The SMILES string of the molecule is C=CC(=O)C(C(=O)C=C)=C(C(=O)C=C)C(=O)OCC(CO)(CO)CO. The number of ether oxygens (including phenoxy) is 1. The van der Waals surface area contributed by atoms with Crippen LogP contribution in [0.4, 0.5) is 0 Å². The molecular formula is C17H20O8. The Labute approximate surface area is 144 Å². The molecule has 8 heteroatoms. The molecule has 3 N–H and O–H groups in total. The molecule has 0 saturated carbocycles. The highest BCUT2D eigenvalue weighted by molar-refractivity contribution is 6.37. The molecule has 0 spiro atoms. The van der Waals surface area contributed by atoms with Crippen molar-refractivity contribution in [2.24, 2.45) is 5.41 Å². The summed E-state index contributed by atoms with van der Waals surface area (Å²) in [7, 11) is 0. The highest BCUT2D eigenvalue weighted by Crippen LogP contribution is 2.18. The second kappa shape index (κ2) is 10.2. The summed E-state index contributed by atoms with van der Waals surface area (Å²) in [5, 5.41) is 27.6. The van der Waals surface area contributed by atoms with E-state index >= 15 is 0 Å². The molecule has 136 valence electrons. The van der Waals surface area contributed by atoms with Crippen LogP contribution in [0.2, 0.25) is 0 Å². The van der Waals surface area contributed by atoms with E-state index in [9.17, 15) is 34.5 Å². The van der Waals surface area contributed by atoms with Gasteiger partial charge in [0.25, 0.3) is 0 Å². The van der Waals surface area contributed by atoms with Crippen molar-refractivity contribution < 1.29 is 39.2 Å². The molecule has 0 aromatic rings. The first-order valence-corrected chi connectivity index (χ1v) is 7.01. The van der Waals surface area contributed by atoms with Gasteiger partial charge in [0.1, 0.15) is 12.2 Å². The van der Waals surface area contributed by atoms with Crippen LogP contribution in [0.15, 0.2) is 49.1 Å². The van der Waals surface area contributed by atoms with Crippen LogP contribution in [0.1, 0.15) is 0 Å². The van der Waals surface area contributed by atoms with E-state index in [0.29, 0.717) is 6.08 Å². The summed E-state index contributed by atoms with van der Waals surface area (Å²) in [6.07, 6.45) is 2.18. The fourth-order valence-corrected chi connectivity index (χ4v) is 1.58. The van der Waals surface area contributed by atoms with E-state index in [1.54, 1.807) is 0 Å². The van der Waals surface area contributed by atoms with Gasteiger partial charge in [-0.25, -0.2) is 4.79 Å². The van der Waals surface area contributed by atoms with Gasteiger partial charge in [-0.1, -0.05) is 19.7 Å². The Balaban J connectivity index is 6.03. The Morgan fingerprint density at radius 2 is 1.12 bits per heavy atom. The lowest BCUT2D eigenvalue weighted by Gasteiger charge is -2.26. The summed E-state index contributed by atoms with van der Waals surface area (Å²) in [5.74, 6) is -4.40. The van der Waals surface area contributed by atoms with Crippen LogP contribution in [0.3, 0.4) is 0 Å². The number of esters is 1. The zero-order valence-corrected chi connectivity index (χ0v) is 13.6. The first-order chi connectivity index (χ1) is 11.8. The second-order valence-corrected chi connectivity index (χ2v) is 5.01. The first-order valence-electron chi connectivity index (χ1n) is 7.01. The van der Waals surface area contributed by atoms with Crippen molar-refractivity contribution in [2.75, 3.05) is 26.4 Å². The Bertz CT molecular complexity index is 592. The van der Waals surface area contributed by atoms with Crippen LogP contribution in [0.5, 0.6) is 0 Å². The van der Waals surface area contributed by atoms with E-state index in [1.165, 1.54) is 0 Å². The molecule has 0 aliphatic heterocycles. The standard InChI is InChI=1S/C17H20O8/c1-4-11(21)14(12(22)5-2)15(13(23)6-3)16(24)25-10-17(7-18,8-19)9-20/h4-6,18-20H,1-3,7-10H2. The lowest BCUT2D eigenvalue weighted by atomic mass is 9.92. The van der Waals surface area contributed by atoms with E-state index < -0.39 is 66.3 Å². The predicted molar refractivity (Wildman–Crippen MR) is 87.3 cm³/mol. The smallest absolute Gasteiger partial charge is 0.343 e. The molecule has 8 nitrogen and oxygen atoms in total. The number of aliphatic hydroxyl groups is 3. The summed E-state index contributed by atoms with van der Waals surface area (Å²) in [6, 6.07) is 0. The van der Waals surface area contributed by atoms with E-state index in [4.69, 9.17) is 4.74 Å². The average Bonchev–Trinajstić information content (AvgIpc) is 2.65.